The molecule has 0 atom stereocenters. The summed E-state index contributed by atoms with van der Waals surface area (Å²) >= 11 is 1.84. The number of nitrogens with zero attached hydrogens (tertiary/aromatic N) is 5. The first-order valence-electron chi connectivity index (χ1n) is 14.5. The molecule has 0 amide bonds. The molecule has 0 bridgehead atoms. The summed E-state index contributed by atoms with van der Waals surface area (Å²) in [5.74, 6) is 2.70. The Morgan fingerprint density at radius 3 is 1.73 bits per heavy atom. The van der Waals surface area contributed by atoms with E-state index in [9.17, 15) is 0 Å². The molecule has 0 aliphatic heterocycles. The lowest BCUT2D eigenvalue weighted by Gasteiger charge is -2.10. The molecular formula is C38H23N5S. The topological polar surface area (TPSA) is 56.5 Å². The highest BCUT2D eigenvalue weighted by Gasteiger charge is 2.17. The number of fused-ring (bicyclic) bond motifs is 6. The molecule has 0 aliphatic carbocycles. The first-order valence-corrected chi connectivity index (χ1v) is 15.3. The van der Waals surface area contributed by atoms with E-state index in [1.54, 1.807) is 0 Å². The Balaban J connectivity index is 1.21. The van der Waals surface area contributed by atoms with E-state index >= 15 is 0 Å². The average molecular weight is 582 g/mol. The molecule has 0 N–H and O–H groups in total. The van der Waals surface area contributed by atoms with Gasteiger partial charge in [-0.25, -0.2) is 19.9 Å². The van der Waals surface area contributed by atoms with Crippen LogP contribution in [0.2, 0.25) is 0 Å². The first-order chi connectivity index (χ1) is 21.8. The summed E-state index contributed by atoms with van der Waals surface area (Å²) in [6, 6.07) is 46.0. The van der Waals surface area contributed by atoms with Gasteiger partial charge in [-0.05, 0) is 36.4 Å². The zero-order valence-electron chi connectivity index (χ0n) is 23.4. The monoisotopic (exact) mass is 581 g/mol. The molecule has 0 aliphatic rings. The van der Waals surface area contributed by atoms with Crippen LogP contribution < -0.4 is 0 Å². The van der Waals surface area contributed by atoms with E-state index in [4.69, 9.17) is 19.9 Å². The molecule has 0 radical (unpaired) electrons. The number of benzene rings is 5. The Morgan fingerprint density at radius 1 is 0.432 bits per heavy atom. The van der Waals surface area contributed by atoms with Gasteiger partial charge in [-0.1, -0.05) is 97.1 Å². The maximum atomic E-state index is 5.00. The van der Waals surface area contributed by atoms with Gasteiger partial charge >= 0.3 is 0 Å². The third kappa shape index (κ3) is 4.00. The maximum absolute atomic E-state index is 5.00. The summed E-state index contributed by atoms with van der Waals surface area (Å²) in [6.07, 6.45) is 1.87. The Hall–Kier alpha value is -5.72. The molecule has 5 nitrogen and oxygen atoms in total. The fourth-order valence-electron chi connectivity index (χ4n) is 6.02. The standard InChI is InChI=1S/C38H23N5S/c1-3-11-24(12-4-1)36-40-37(25-13-5-2-6-14-25)42-38(41-36)26-19-20-35(39-23-26)43-31-17-9-7-15-27(31)29-22-34-30(21-32(29)43)28-16-8-10-18-33(28)44-34/h1-23H. The van der Waals surface area contributed by atoms with Crippen molar-refractivity contribution < 1.29 is 0 Å². The largest absolute Gasteiger partial charge is 0.294 e. The van der Waals surface area contributed by atoms with Gasteiger partial charge in [0.05, 0.1) is 11.0 Å². The van der Waals surface area contributed by atoms with Crippen molar-refractivity contribution in [3.63, 3.8) is 0 Å². The fraction of sp³-hybridized carbons (Fsp3) is 0. The number of hydrogen-bond donors (Lipinski definition) is 0. The second kappa shape index (κ2) is 9.93. The van der Waals surface area contributed by atoms with Crippen molar-refractivity contribution >= 4 is 53.3 Å². The van der Waals surface area contributed by atoms with Crippen LogP contribution in [0.3, 0.4) is 0 Å². The Bertz CT molecular complexity index is 2420. The van der Waals surface area contributed by atoms with Gasteiger partial charge in [0.25, 0.3) is 0 Å². The lowest BCUT2D eigenvalue weighted by atomic mass is 10.1. The molecule has 5 aromatic carbocycles. The molecule has 0 saturated carbocycles. The molecule has 6 heteroatoms. The van der Waals surface area contributed by atoms with Gasteiger partial charge in [0, 0.05) is 53.8 Å². The first kappa shape index (κ1) is 24.8. The lowest BCUT2D eigenvalue weighted by molar-refractivity contribution is 1.05. The van der Waals surface area contributed by atoms with Crippen molar-refractivity contribution in [2.24, 2.45) is 0 Å². The van der Waals surface area contributed by atoms with Crippen molar-refractivity contribution in [2.75, 3.05) is 0 Å². The quantitative estimate of drug-likeness (QED) is 0.208. The van der Waals surface area contributed by atoms with Gasteiger partial charge in [0.1, 0.15) is 5.82 Å². The van der Waals surface area contributed by atoms with Crippen molar-refractivity contribution in [3.05, 3.63) is 140 Å². The minimum atomic E-state index is 0.588. The number of hydrogen-bond acceptors (Lipinski definition) is 5. The van der Waals surface area contributed by atoms with Crippen LogP contribution in [0.25, 0.3) is 82.0 Å². The fourth-order valence-corrected chi connectivity index (χ4v) is 7.15. The minimum absolute atomic E-state index is 0.588. The molecule has 0 unspecified atom stereocenters. The van der Waals surface area contributed by atoms with Gasteiger partial charge in [-0.3, -0.25) is 4.57 Å². The molecule has 0 saturated heterocycles. The number of rotatable bonds is 4. The van der Waals surface area contributed by atoms with Crippen LogP contribution in [-0.4, -0.2) is 24.5 Å². The summed E-state index contributed by atoms with van der Waals surface area (Å²) in [7, 11) is 0. The minimum Gasteiger partial charge on any atom is -0.294 e. The van der Waals surface area contributed by atoms with Crippen molar-refractivity contribution in [3.8, 4) is 40.0 Å². The highest BCUT2D eigenvalue weighted by molar-refractivity contribution is 7.25. The molecule has 4 aromatic heterocycles. The zero-order valence-corrected chi connectivity index (χ0v) is 24.2. The van der Waals surface area contributed by atoms with E-state index in [0.29, 0.717) is 17.5 Å². The summed E-state index contributed by atoms with van der Waals surface area (Å²) in [5.41, 5.74) is 4.98. The van der Waals surface area contributed by atoms with Crippen molar-refractivity contribution in [1.29, 1.82) is 0 Å². The van der Waals surface area contributed by atoms with Crippen LogP contribution in [0.5, 0.6) is 0 Å². The lowest BCUT2D eigenvalue weighted by Crippen LogP contribution is -2.01. The molecule has 9 rings (SSSR count). The zero-order chi connectivity index (χ0) is 29.0. The van der Waals surface area contributed by atoms with Gasteiger partial charge in [0.2, 0.25) is 0 Å². The Kier molecular flexibility index (Phi) is 5.61. The van der Waals surface area contributed by atoms with E-state index in [-0.39, 0.29) is 0 Å². The summed E-state index contributed by atoms with van der Waals surface area (Å²) in [5, 5.41) is 4.99. The number of para-hydroxylation sites is 1. The second-order valence-corrected chi connectivity index (χ2v) is 11.8. The molecular weight excluding hydrogens is 559 g/mol. The summed E-state index contributed by atoms with van der Waals surface area (Å²) < 4.78 is 4.86. The summed E-state index contributed by atoms with van der Waals surface area (Å²) in [4.78, 5) is 19.6. The van der Waals surface area contributed by atoms with E-state index in [1.807, 2.05) is 78.2 Å². The second-order valence-electron chi connectivity index (χ2n) is 10.8. The highest BCUT2D eigenvalue weighted by atomic mass is 32.1. The van der Waals surface area contributed by atoms with Gasteiger partial charge in [-0.15, -0.1) is 11.3 Å². The molecule has 0 fully saturated rings. The predicted octanol–water partition coefficient (Wildman–Crippen LogP) is 9.73. The predicted molar refractivity (Wildman–Crippen MR) is 181 cm³/mol. The van der Waals surface area contributed by atoms with Crippen molar-refractivity contribution in [2.45, 2.75) is 0 Å². The van der Waals surface area contributed by atoms with Gasteiger partial charge < -0.3 is 0 Å². The maximum Gasteiger partial charge on any atom is 0.165 e. The molecule has 4 heterocycles. The van der Waals surface area contributed by atoms with Crippen molar-refractivity contribution in [1.82, 2.24) is 24.5 Å². The Morgan fingerprint density at radius 2 is 1.05 bits per heavy atom. The van der Waals surface area contributed by atoms with E-state index < -0.39 is 0 Å². The van der Waals surface area contributed by atoms with Crippen LogP contribution in [-0.2, 0) is 0 Å². The van der Waals surface area contributed by atoms with Crippen LogP contribution in [0.15, 0.2) is 140 Å². The van der Waals surface area contributed by atoms with Crippen LogP contribution in [0.4, 0.5) is 0 Å². The summed E-state index contributed by atoms with van der Waals surface area (Å²) in [6.45, 7) is 0. The number of thiophene rings is 1. The van der Waals surface area contributed by atoms with Gasteiger partial charge in [0.15, 0.2) is 17.5 Å². The molecule has 206 valence electrons. The van der Waals surface area contributed by atoms with E-state index in [2.05, 4.69) is 77.4 Å². The highest BCUT2D eigenvalue weighted by Crippen LogP contribution is 2.40. The van der Waals surface area contributed by atoms with E-state index in [0.717, 1.165) is 33.5 Å². The Labute approximate surface area is 256 Å². The van der Waals surface area contributed by atoms with Crippen LogP contribution in [0.1, 0.15) is 0 Å². The normalized spacial score (nSPS) is 11.6. The molecule has 0 spiro atoms. The van der Waals surface area contributed by atoms with Crippen LogP contribution in [0, 0.1) is 0 Å². The number of aromatic nitrogens is 5. The smallest absolute Gasteiger partial charge is 0.165 e. The molecule has 9 aromatic rings. The van der Waals surface area contributed by atoms with E-state index in [1.165, 1.54) is 30.9 Å². The third-order valence-electron chi connectivity index (χ3n) is 8.11. The SMILES string of the molecule is c1ccc(-c2nc(-c3ccccc3)nc(-c3ccc(-n4c5ccccc5c5cc6sc7ccccc7c6cc54)nc3)n2)cc1. The van der Waals surface area contributed by atoms with Crippen LogP contribution >= 0.6 is 11.3 Å². The van der Waals surface area contributed by atoms with Gasteiger partial charge in [-0.2, -0.15) is 0 Å². The average Bonchev–Trinajstić information content (AvgIpc) is 3.63. The number of pyridine rings is 1. The third-order valence-corrected chi connectivity index (χ3v) is 9.24. The molecule has 44 heavy (non-hydrogen) atoms.